The van der Waals surface area contributed by atoms with E-state index in [2.05, 4.69) is 10.6 Å². The Morgan fingerprint density at radius 3 is 2.71 bits per heavy atom. The van der Waals surface area contributed by atoms with Gasteiger partial charge >= 0.3 is 0 Å². The normalized spacial score (nSPS) is 18.8. The molecule has 2 aliphatic rings. The third-order valence-corrected chi connectivity index (χ3v) is 4.01. The molecule has 1 aromatic rings. The summed E-state index contributed by atoms with van der Waals surface area (Å²) in [6.07, 6.45) is 0.465. The number of amides is 2. The number of carbonyl (C=O) groups is 2. The van der Waals surface area contributed by atoms with Gasteiger partial charge in [0.05, 0.1) is 11.4 Å². The lowest BCUT2D eigenvalue weighted by molar-refractivity contribution is -0.115. The van der Waals surface area contributed by atoms with Gasteiger partial charge in [-0.25, -0.2) is 0 Å². The molecule has 2 amide bonds. The Balaban J connectivity index is 1.87. The third kappa shape index (κ3) is 2.85. The standard InChI is InChI=1S/C15H20N4O2/c1-18-7-4-14(20)17-12-10-11(2-3-13(12)18)15(21)19-8-5-16-6-9-19/h2-3,10,16H,4-9H2,1H3,(H,17,20). The average Bonchev–Trinajstić information content (AvgIpc) is 2.66. The summed E-state index contributed by atoms with van der Waals surface area (Å²) in [6, 6.07) is 5.55. The molecule has 0 bridgehead atoms. The van der Waals surface area contributed by atoms with Crippen molar-refractivity contribution in [2.24, 2.45) is 0 Å². The van der Waals surface area contributed by atoms with Gasteiger partial charge in [0.2, 0.25) is 5.91 Å². The molecule has 2 heterocycles. The second kappa shape index (κ2) is 5.73. The van der Waals surface area contributed by atoms with E-state index in [4.69, 9.17) is 0 Å². The number of hydrogen-bond acceptors (Lipinski definition) is 4. The van der Waals surface area contributed by atoms with E-state index in [1.54, 1.807) is 6.07 Å². The van der Waals surface area contributed by atoms with Crippen molar-refractivity contribution in [3.8, 4) is 0 Å². The fourth-order valence-electron chi connectivity index (χ4n) is 2.75. The van der Waals surface area contributed by atoms with Crippen molar-refractivity contribution in [3.63, 3.8) is 0 Å². The minimum Gasteiger partial charge on any atom is -0.372 e. The minimum atomic E-state index is -0.00706. The zero-order valence-electron chi connectivity index (χ0n) is 12.2. The minimum absolute atomic E-state index is 0.00706. The molecule has 1 aromatic carbocycles. The van der Waals surface area contributed by atoms with Gasteiger partial charge in [-0.1, -0.05) is 0 Å². The Labute approximate surface area is 124 Å². The first kappa shape index (κ1) is 13.9. The van der Waals surface area contributed by atoms with E-state index in [1.165, 1.54) is 0 Å². The summed E-state index contributed by atoms with van der Waals surface area (Å²) in [5, 5.41) is 6.12. The van der Waals surface area contributed by atoms with Crippen LogP contribution in [0.4, 0.5) is 11.4 Å². The molecule has 1 saturated heterocycles. The highest BCUT2D eigenvalue weighted by Gasteiger charge is 2.21. The summed E-state index contributed by atoms with van der Waals surface area (Å²) in [6.45, 7) is 3.79. The number of nitrogens with zero attached hydrogens (tertiary/aromatic N) is 2. The van der Waals surface area contributed by atoms with E-state index >= 15 is 0 Å². The number of fused-ring (bicyclic) bond motifs is 1. The van der Waals surface area contributed by atoms with Crippen molar-refractivity contribution < 1.29 is 9.59 Å². The monoisotopic (exact) mass is 288 g/mol. The molecule has 0 radical (unpaired) electrons. The molecule has 112 valence electrons. The lowest BCUT2D eigenvalue weighted by atomic mass is 10.1. The van der Waals surface area contributed by atoms with E-state index < -0.39 is 0 Å². The van der Waals surface area contributed by atoms with Gasteiger partial charge in [0.15, 0.2) is 0 Å². The fraction of sp³-hybridized carbons (Fsp3) is 0.467. The van der Waals surface area contributed by atoms with Gasteiger partial charge in [-0.3, -0.25) is 9.59 Å². The molecular formula is C15H20N4O2. The number of hydrogen-bond donors (Lipinski definition) is 2. The summed E-state index contributed by atoms with van der Waals surface area (Å²) >= 11 is 0. The van der Waals surface area contributed by atoms with Crippen LogP contribution in [0.15, 0.2) is 18.2 Å². The highest BCUT2D eigenvalue weighted by molar-refractivity contribution is 6.00. The fourth-order valence-corrected chi connectivity index (χ4v) is 2.75. The predicted molar refractivity (Wildman–Crippen MR) is 81.7 cm³/mol. The van der Waals surface area contributed by atoms with E-state index in [0.29, 0.717) is 18.5 Å². The summed E-state index contributed by atoms with van der Waals surface area (Å²) in [4.78, 5) is 28.1. The molecule has 2 aliphatic heterocycles. The second-order valence-electron chi connectivity index (χ2n) is 5.49. The van der Waals surface area contributed by atoms with Crippen molar-refractivity contribution in [1.29, 1.82) is 0 Å². The average molecular weight is 288 g/mol. The Hall–Kier alpha value is -2.08. The van der Waals surface area contributed by atoms with Crippen LogP contribution in [0, 0.1) is 0 Å². The zero-order valence-corrected chi connectivity index (χ0v) is 12.2. The van der Waals surface area contributed by atoms with Crippen LogP contribution in [0.2, 0.25) is 0 Å². The van der Waals surface area contributed by atoms with Crippen LogP contribution in [-0.2, 0) is 4.79 Å². The molecule has 0 aliphatic carbocycles. The van der Waals surface area contributed by atoms with Gasteiger partial charge in [-0.05, 0) is 18.2 Å². The van der Waals surface area contributed by atoms with Crippen LogP contribution in [0.5, 0.6) is 0 Å². The topological polar surface area (TPSA) is 64.7 Å². The lowest BCUT2D eigenvalue weighted by Crippen LogP contribution is -2.46. The Kier molecular flexibility index (Phi) is 3.79. The highest BCUT2D eigenvalue weighted by Crippen LogP contribution is 2.29. The van der Waals surface area contributed by atoms with E-state index in [1.807, 2.05) is 29.0 Å². The maximum Gasteiger partial charge on any atom is 0.254 e. The summed E-state index contributed by atoms with van der Waals surface area (Å²) in [5.41, 5.74) is 2.31. The maximum absolute atomic E-state index is 12.5. The van der Waals surface area contributed by atoms with Crippen molar-refractivity contribution in [3.05, 3.63) is 23.8 Å². The quantitative estimate of drug-likeness (QED) is 0.790. The van der Waals surface area contributed by atoms with E-state index in [0.717, 1.165) is 37.6 Å². The van der Waals surface area contributed by atoms with Crippen molar-refractivity contribution in [2.45, 2.75) is 6.42 Å². The lowest BCUT2D eigenvalue weighted by Gasteiger charge is -2.28. The smallest absolute Gasteiger partial charge is 0.254 e. The molecule has 6 heteroatoms. The number of anilines is 2. The molecular weight excluding hydrogens is 268 g/mol. The van der Waals surface area contributed by atoms with Crippen LogP contribution >= 0.6 is 0 Å². The van der Waals surface area contributed by atoms with Gasteiger partial charge < -0.3 is 20.4 Å². The number of benzene rings is 1. The Morgan fingerprint density at radius 2 is 1.95 bits per heavy atom. The first-order valence-electron chi connectivity index (χ1n) is 7.30. The van der Waals surface area contributed by atoms with E-state index in [9.17, 15) is 9.59 Å². The molecule has 0 atom stereocenters. The molecule has 2 N–H and O–H groups in total. The largest absolute Gasteiger partial charge is 0.372 e. The van der Waals surface area contributed by atoms with Gasteiger partial charge in [0.1, 0.15) is 0 Å². The van der Waals surface area contributed by atoms with Crippen LogP contribution < -0.4 is 15.5 Å². The van der Waals surface area contributed by atoms with Crippen LogP contribution in [0.25, 0.3) is 0 Å². The van der Waals surface area contributed by atoms with Gasteiger partial charge in [-0.2, -0.15) is 0 Å². The van der Waals surface area contributed by atoms with Crippen LogP contribution in [0.3, 0.4) is 0 Å². The molecule has 0 spiro atoms. The number of nitrogens with one attached hydrogen (secondary N) is 2. The molecule has 21 heavy (non-hydrogen) atoms. The maximum atomic E-state index is 12.5. The SMILES string of the molecule is CN1CCC(=O)Nc2cc(C(=O)N3CCNCC3)ccc21. The third-order valence-electron chi connectivity index (χ3n) is 4.01. The first-order chi connectivity index (χ1) is 10.1. The molecule has 0 unspecified atom stereocenters. The van der Waals surface area contributed by atoms with Crippen molar-refractivity contribution >= 4 is 23.2 Å². The Bertz CT molecular complexity index is 567. The summed E-state index contributed by atoms with van der Waals surface area (Å²) < 4.78 is 0. The van der Waals surface area contributed by atoms with Crippen molar-refractivity contribution in [1.82, 2.24) is 10.2 Å². The Morgan fingerprint density at radius 1 is 1.19 bits per heavy atom. The van der Waals surface area contributed by atoms with Gasteiger partial charge in [-0.15, -0.1) is 0 Å². The molecule has 3 rings (SSSR count). The predicted octanol–water partition coefficient (Wildman–Crippen LogP) is 0.510. The van der Waals surface area contributed by atoms with Gasteiger partial charge in [0.25, 0.3) is 5.91 Å². The summed E-state index contributed by atoms with van der Waals surface area (Å²) in [5.74, 6) is 0.0211. The molecule has 0 aromatic heterocycles. The summed E-state index contributed by atoms with van der Waals surface area (Å²) in [7, 11) is 1.96. The second-order valence-corrected chi connectivity index (χ2v) is 5.49. The molecule has 6 nitrogen and oxygen atoms in total. The molecule has 0 saturated carbocycles. The van der Waals surface area contributed by atoms with E-state index in [-0.39, 0.29) is 11.8 Å². The highest BCUT2D eigenvalue weighted by atomic mass is 16.2. The van der Waals surface area contributed by atoms with Crippen LogP contribution in [-0.4, -0.2) is 56.5 Å². The van der Waals surface area contributed by atoms with Crippen molar-refractivity contribution in [2.75, 3.05) is 50.0 Å². The number of piperazine rings is 1. The first-order valence-corrected chi connectivity index (χ1v) is 7.30. The number of carbonyl (C=O) groups excluding carboxylic acids is 2. The van der Waals surface area contributed by atoms with Crippen LogP contribution in [0.1, 0.15) is 16.8 Å². The number of rotatable bonds is 1. The molecule has 1 fully saturated rings. The zero-order chi connectivity index (χ0) is 14.8. The van der Waals surface area contributed by atoms with Gasteiger partial charge in [0, 0.05) is 51.8 Å².